The first-order valence-corrected chi connectivity index (χ1v) is 7.23. The van der Waals surface area contributed by atoms with E-state index in [0.29, 0.717) is 5.92 Å². The number of hydrogen-bond acceptors (Lipinski definition) is 5. The molecule has 0 spiro atoms. The Labute approximate surface area is 118 Å². The normalized spacial score (nSPS) is 12.9. The zero-order chi connectivity index (χ0) is 13.8. The summed E-state index contributed by atoms with van der Waals surface area (Å²) in [5.74, 6) is 6.22. The number of nitrogens with one attached hydrogen (secondary N) is 1. The zero-order valence-corrected chi connectivity index (χ0v) is 12.4. The van der Waals surface area contributed by atoms with E-state index in [0.717, 1.165) is 17.0 Å². The lowest BCUT2D eigenvalue weighted by molar-refractivity contribution is 0.557. The highest BCUT2D eigenvalue weighted by Crippen LogP contribution is 2.24. The van der Waals surface area contributed by atoms with Gasteiger partial charge in [0.15, 0.2) is 0 Å². The summed E-state index contributed by atoms with van der Waals surface area (Å²) in [6.45, 7) is 6.36. The van der Waals surface area contributed by atoms with Crippen molar-refractivity contribution in [3.63, 3.8) is 0 Å². The fraction of sp³-hybridized carbons (Fsp3) is 0.429. The first-order chi connectivity index (χ1) is 9.11. The summed E-state index contributed by atoms with van der Waals surface area (Å²) in [6, 6.07) is 8.79. The molecule has 0 aliphatic rings. The maximum absolute atomic E-state index is 5.66. The monoisotopic (exact) mass is 276 g/mol. The van der Waals surface area contributed by atoms with Gasteiger partial charge in [-0.25, -0.2) is 0 Å². The highest BCUT2D eigenvalue weighted by Gasteiger charge is 2.16. The molecule has 0 aliphatic heterocycles. The third kappa shape index (κ3) is 3.37. The smallest absolute Gasteiger partial charge is 0.0773 e. The Morgan fingerprint density at radius 2 is 1.95 bits per heavy atom. The van der Waals surface area contributed by atoms with E-state index < -0.39 is 0 Å². The molecule has 19 heavy (non-hydrogen) atoms. The highest BCUT2D eigenvalue weighted by molar-refractivity contribution is 7.05. The van der Waals surface area contributed by atoms with E-state index in [1.54, 1.807) is 0 Å². The Hall–Kier alpha value is -1.30. The van der Waals surface area contributed by atoms with Crippen molar-refractivity contribution in [2.75, 3.05) is 0 Å². The molecule has 1 aromatic carbocycles. The van der Waals surface area contributed by atoms with Gasteiger partial charge in [0.05, 0.1) is 16.6 Å². The maximum Gasteiger partial charge on any atom is 0.0773 e. The van der Waals surface area contributed by atoms with Crippen LogP contribution in [0.15, 0.2) is 24.3 Å². The molecule has 0 amide bonds. The SMILES string of the molecule is Cc1nnsc1C(Cc1ccc(C(C)C)cc1)NN. The number of benzene rings is 1. The lowest BCUT2D eigenvalue weighted by Gasteiger charge is -2.15. The quantitative estimate of drug-likeness (QED) is 0.651. The maximum atomic E-state index is 5.66. The molecule has 3 N–H and O–H groups in total. The molecule has 1 heterocycles. The van der Waals surface area contributed by atoms with E-state index in [9.17, 15) is 0 Å². The van der Waals surface area contributed by atoms with Crippen molar-refractivity contribution in [2.24, 2.45) is 5.84 Å². The average molecular weight is 276 g/mol. The van der Waals surface area contributed by atoms with E-state index in [-0.39, 0.29) is 6.04 Å². The van der Waals surface area contributed by atoms with Gasteiger partial charge >= 0.3 is 0 Å². The van der Waals surface area contributed by atoms with Crippen molar-refractivity contribution in [3.05, 3.63) is 46.0 Å². The van der Waals surface area contributed by atoms with Crippen molar-refractivity contribution >= 4 is 11.5 Å². The zero-order valence-electron chi connectivity index (χ0n) is 11.6. The lowest BCUT2D eigenvalue weighted by Crippen LogP contribution is -2.29. The number of aryl methyl sites for hydroxylation is 1. The van der Waals surface area contributed by atoms with Crippen LogP contribution >= 0.6 is 11.5 Å². The summed E-state index contributed by atoms with van der Waals surface area (Å²) in [6.07, 6.45) is 0.847. The molecule has 2 aromatic rings. The molecule has 4 nitrogen and oxygen atoms in total. The summed E-state index contributed by atoms with van der Waals surface area (Å²) in [5, 5.41) is 4.04. The molecule has 0 radical (unpaired) electrons. The Kier molecular flexibility index (Phi) is 4.63. The number of nitrogens with two attached hydrogens (primary N) is 1. The van der Waals surface area contributed by atoms with Crippen molar-refractivity contribution in [3.8, 4) is 0 Å². The van der Waals surface area contributed by atoms with Crippen LogP contribution in [-0.2, 0) is 6.42 Å². The third-order valence-electron chi connectivity index (χ3n) is 3.29. The van der Waals surface area contributed by atoms with Crippen LogP contribution in [0.3, 0.4) is 0 Å². The van der Waals surface area contributed by atoms with Gasteiger partial charge in [-0.05, 0) is 41.9 Å². The summed E-state index contributed by atoms with van der Waals surface area (Å²) >= 11 is 1.41. The van der Waals surface area contributed by atoms with Gasteiger partial charge in [-0.1, -0.05) is 42.6 Å². The number of hydrogen-bond donors (Lipinski definition) is 2. The predicted octanol–water partition coefficient (Wildman–Crippen LogP) is 2.72. The van der Waals surface area contributed by atoms with E-state index in [4.69, 9.17) is 5.84 Å². The van der Waals surface area contributed by atoms with Gasteiger partial charge in [0, 0.05) is 0 Å². The van der Waals surface area contributed by atoms with Gasteiger partial charge in [-0.3, -0.25) is 11.3 Å². The number of rotatable bonds is 5. The van der Waals surface area contributed by atoms with Crippen molar-refractivity contribution in [1.29, 1.82) is 0 Å². The van der Waals surface area contributed by atoms with Crippen LogP contribution in [0.2, 0.25) is 0 Å². The van der Waals surface area contributed by atoms with Gasteiger partial charge in [0.1, 0.15) is 0 Å². The molecule has 1 aromatic heterocycles. The van der Waals surface area contributed by atoms with Crippen LogP contribution in [-0.4, -0.2) is 9.59 Å². The van der Waals surface area contributed by atoms with Crippen LogP contribution < -0.4 is 11.3 Å². The van der Waals surface area contributed by atoms with Gasteiger partial charge in [-0.2, -0.15) is 0 Å². The van der Waals surface area contributed by atoms with Crippen LogP contribution in [0.1, 0.15) is 47.5 Å². The Balaban J connectivity index is 2.13. The van der Waals surface area contributed by atoms with E-state index in [1.807, 2.05) is 6.92 Å². The van der Waals surface area contributed by atoms with Crippen molar-refractivity contribution in [1.82, 2.24) is 15.0 Å². The second-order valence-electron chi connectivity index (χ2n) is 5.04. The molecule has 2 rings (SSSR count). The molecule has 0 fully saturated rings. The fourth-order valence-electron chi connectivity index (χ4n) is 2.06. The topological polar surface area (TPSA) is 63.8 Å². The molecule has 0 bridgehead atoms. The second-order valence-corrected chi connectivity index (χ2v) is 5.83. The van der Waals surface area contributed by atoms with E-state index in [1.165, 1.54) is 22.7 Å². The average Bonchev–Trinajstić information content (AvgIpc) is 2.83. The highest BCUT2D eigenvalue weighted by atomic mass is 32.1. The minimum absolute atomic E-state index is 0.0740. The number of aromatic nitrogens is 2. The van der Waals surface area contributed by atoms with Crippen molar-refractivity contribution < 1.29 is 0 Å². The predicted molar refractivity (Wildman–Crippen MR) is 78.9 cm³/mol. The fourth-order valence-corrected chi connectivity index (χ4v) is 2.76. The first-order valence-electron chi connectivity index (χ1n) is 6.45. The van der Waals surface area contributed by atoms with Crippen LogP contribution in [0.5, 0.6) is 0 Å². The second kappa shape index (κ2) is 6.23. The van der Waals surface area contributed by atoms with Gasteiger partial charge < -0.3 is 0 Å². The molecule has 0 saturated heterocycles. The molecule has 0 aliphatic carbocycles. The van der Waals surface area contributed by atoms with Gasteiger partial charge in [0.2, 0.25) is 0 Å². The molecule has 102 valence electrons. The minimum atomic E-state index is 0.0740. The van der Waals surface area contributed by atoms with Crippen LogP contribution in [0, 0.1) is 6.92 Å². The molecule has 1 unspecified atom stereocenters. The standard InChI is InChI=1S/C14H20N4S/c1-9(2)12-6-4-11(5-7-12)8-13(16-15)14-10(3)17-18-19-14/h4-7,9,13,16H,8,15H2,1-3H3. The summed E-state index contributed by atoms with van der Waals surface area (Å²) < 4.78 is 3.97. The van der Waals surface area contributed by atoms with Crippen LogP contribution in [0.25, 0.3) is 0 Å². The van der Waals surface area contributed by atoms with Crippen molar-refractivity contribution in [2.45, 2.75) is 39.2 Å². The Morgan fingerprint density at radius 3 is 2.42 bits per heavy atom. The summed E-state index contributed by atoms with van der Waals surface area (Å²) in [4.78, 5) is 1.11. The van der Waals surface area contributed by atoms with E-state index in [2.05, 4.69) is 53.1 Å². The number of nitrogens with zero attached hydrogens (tertiary/aromatic N) is 2. The third-order valence-corrected chi connectivity index (χ3v) is 4.23. The lowest BCUT2D eigenvalue weighted by atomic mass is 9.98. The summed E-state index contributed by atoms with van der Waals surface area (Å²) in [5.41, 5.74) is 6.43. The largest absolute Gasteiger partial charge is 0.271 e. The molecular weight excluding hydrogens is 256 g/mol. The van der Waals surface area contributed by atoms with Gasteiger partial charge in [-0.15, -0.1) is 5.10 Å². The summed E-state index contributed by atoms with van der Waals surface area (Å²) in [7, 11) is 0. The van der Waals surface area contributed by atoms with Gasteiger partial charge in [0.25, 0.3) is 0 Å². The molecule has 5 heteroatoms. The molecular formula is C14H20N4S. The molecule has 0 saturated carbocycles. The van der Waals surface area contributed by atoms with E-state index >= 15 is 0 Å². The Morgan fingerprint density at radius 1 is 1.26 bits per heavy atom. The first kappa shape index (κ1) is 14.1. The minimum Gasteiger partial charge on any atom is -0.271 e. The number of hydrazine groups is 1. The Bertz CT molecular complexity index is 518. The molecule has 1 atom stereocenters. The van der Waals surface area contributed by atoms with Crippen LogP contribution in [0.4, 0.5) is 0 Å².